The number of rotatable bonds is 6. The second-order valence-corrected chi connectivity index (χ2v) is 14.9. The van der Waals surface area contributed by atoms with Gasteiger partial charge in [-0.2, -0.15) is 0 Å². The molecule has 0 amide bonds. The van der Waals surface area contributed by atoms with Crippen LogP contribution in [0.3, 0.4) is 0 Å². The van der Waals surface area contributed by atoms with Crippen molar-refractivity contribution in [3.05, 3.63) is 25.3 Å². The van der Waals surface area contributed by atoms with Crippen molar-refractivity contribution in [2.75, 3.05) is 44.9 Å². The maximum absolute atomic E-state index is 13.8. The SMILES string of the molecule is CNCCOC(=O)O[C@@H]1[C@@H]2O[P@](=O)(S)OC[C@H]3O[C@@H](n4cnc5c(N)ncnc54)[C@H](O[PH](=O)OC[C@H]2O[C@H]1n1cnc2c(N)ncnc21)[C@@H]3O. The molecule has 0 aromatic carbocycles. The van der Waals surface area contributed by atoms with E-state index in [1.165, 1.54) is 34.4 Å². The van der Waals surface area contributed by atoms with Gasteiger partial charge in [-0.15, -0.1) is 0 Å². The average Bonchev–Trinajstić information content (AvgIpc) is 3.85. The van der Waals surface area contributed by atoms with Crippen LogP contribution in [-0.4, -0.2) is 120 Å². The standard InChI is InChI=1S/C24H31N11O12P2S/c1-27-2-3-40-24(37)45-17-15-11(44-23(17)35-9-33-13-19(26)29-7-31-21(13)35)4-41-48(38)46-16-14(36)10(5-42-49(39,50)47-15)43-22(16)34-8-32-12-18(25)28-6-30-20(12)34/h6-11,14-17,22-23,27,36,48H,2-5H2,1H3,(H,39,50)(H2,25,28,30)(H2,26,29,31)/t10-,11-,14-,15-,16-,17-,22-,23-,49-/m1/s1. The Labute approximate surface area is 286 Å². The highest BCUT2D eigenvalue weighted by molar-refractivity contribution is 8.44. The number of aromatic nitrogens is 8. The fourth-order valence-corrected chi connectivity index (χ4v) is 8.00. The monoisotopic (exact) mass is 759 g/mol. The number of carbonyl (C=O) groups is 1. The van der Waals surface area contributed by atoms with Crippen LogP contribution in [0, 0.1) is 0 Å². The number of imidazole rings is 2. The Hall–Kier alpha value is -3.54. The van der Waals surface area contributed by atoms with E-state index in [1.807, 2.05) is 0 Å². The molecule has 7 heterocycles. The minimum absolute atomic E-state index is 0.0437. The van der Waals surface area contributed by atoms with Gasteiger partial charge in [0.05, 0.1) is 25.9 Å². The lowest BCUT2D eigenvalue weighted by molar-refractivity contribution is -0.0625. The lowest BCUT2D eigenvalue weighted by Crippen LogP contribution is -2.39. The summed E-state index contributed by atoms with van der Waals surface area (Å²) in [5, 5.41) is 14.0. The van der Waals surface area contributed by atoms with E-state index in [0.717, 1.165) is 0 Å². The number of likely N-dealkylation sites (N-methyl/N-ethyl adjacent to an activating group) is 1. The van der Waals surface area contributed by atoms with Crippen LogP contribution in [-0.2, 0) is 46.2 Å². The van der Waals surface area contributed by atoms with E-state index in [0.29, 0.717) is 6.54 Å². The summed E-state index contributed by atoms with van der Waals surface area (Å²) in [6.07, 6.45) is -6.64. The lowest BCUT2D eigenvalue weighted by atomic mass is 10.1. The largest absolute Gasteiger partial charge is 0.508 e. The number of hydrogen-bond acceptors (Lipinski definition) is 21. The molecule has 6 N–H and O–H groups in total. The summed E-state index contributed by atoms with van der Waals surface area (Å²) in [6.45, 7) is -5.20. The highest BCUT2D eigenvalue weighted by atomic mass is 32.7. The first kappa shape index (κ1) is 34.9. The molecule has 3 saturated heterocycles. The number of aliphatic hydroxyl groups is 1. The number of anilines is 2. The van der Waals surface area contributed by atoms with Crippen LogP contribution in [0.4, 0.5) is 16.4 Å². The normalized spacial score (nSPS) is 33.4. The molecule has 270 valence electrons. The van der Waals surface area contributed by atoms with E-state index in [1.54, 1.807) is 7.05 Å². The van der Waals surface area contributed by atoms with Gasteiger partial charge < -0.3 is 45.4 Å². The Balaban J connectivity index is 1.20. The number of aliphatic hydroxyl groups excluding tert-OH is 1. The number of nitrogens with one attached hydrogen (secondary N) is 1. The zero-order valence-electron chi connectivity index (χ0n) is 25.8. The van der Waals surface area contributed by atoms with E-state index in [-0.39, 0.29) is 40.6 Å². The van der Waals surface area contributed by atoms with Gasteiger partial charge in [0.25, 0.3) is 0 Å². The van der Waals surface area contributed by atoms with Gasteiger partial charge >= 0.3 is 21.2 Å². The van der Waals surface area contributed by atoms with Gasteiger partial charge in [0, 0.05) is 6.54 Å². The summed E-state index contributed by atoms with van der Waals surface area (Å²) in [5.74, 6) is 0.160. The molecular formula is C24H31N11O12P2S. The number of nitrogens with zero attached hydrogens (tertiary/aromatic N) is 8. The van der Waals surface area contributed by atoms with E-state index in [2.05, 4.69) is 47.5 Å². The van der Waals surface area contributed by atoms with E-state index >= 15 is 0 Å². The van der Waals surface area contributed by atoms with E-state index in [9.17, 15) is 19.0 Å². The summed E-state index contributed by atoms with van der Waals surface area (Å²) in [6, 6.07) is 0. The molecule has 0 saturated carbocycles. The van der Waals surface area contributed by atoms with E-state index < -0.39 is 83.5 Å². The van der Waals surface area contributed by atoms with Crippen LogP contribution in [0.15, 0.2) is 25.3 Å². The fourth-order valence-electron chi connectivity index (χ4n) is 5.67. The Morgan fingerprint density at radius 1 is 1.02 bits per heavy atom. The maximum Gasteiger partial charge on any atom is 0.508 e. The predicted octanol–water partition coefficient (Wildman–Crippen LogP) is -0.0277. The topological polar surface area (TPSA) is 297 Å². The van der Waals surface area contributed by atoms with Crippen molar-refractivity contribution >= 4 is 67.4 Å². The number of nitrogens with two attached hydrogens (primary N) is 2. The summed E-state index contributed by atoms with van der Waals surface area (Å²) < 4.78 is 75.7. The summed E-state index contributed by atoms with van der Waals surface area (Å²) in [4.78, 5) is 37.5. The molecule has 0 spiro atoms. The first-order chi connectivity index (χ1) is 24.0. The number of hydrogen-bond donors (Lipinski definition) is 5. The maximum atomic E-state index is 13.8. The third kappa shape index (κ3) is 6.76. The van der Waals surface area contributed by atoms with Crippen LogP contribution in [0.1, 0.15) is 12.5 Å². The van der Waals surface area contributed by atoms with Crippen molar-refractivity contribution in [2.45, 2.75) is 49.1 Å². The summed E-state index contributed by atoms with van der Waals surface area (Å²) in [7, 11) is -1.79. The van der Waals surface area contributed by atoms with E-state index in [4.69, 9.17) is 48.5 Å². The molecule has 4 aromatic rings. The third-order valence-electron chi connectivity index (χ3n) is 7.98. The minimum Gasteiger partial charge on any atom is -0.433 e. The smallest absolute Gasteiger partial charge is 0.433 e. The Morgan fingerprint density at radius 2 is 1.66 bits per heavy atom. The number of nitrogen functional groups attached to an aromatic ring is 2. The molecule has 3 fully saturated rings. The van der Waals surface area contributed by atoms with Crippen molar-refractivity contribution in [3.63, 3.8) is 0 Å². The molecule has 3 aliphatic heterocycles. The van der Waals surface area contributed by atoms with Crippen LogP contribution in [0.25, 0.3) is 22.3 Å². The van der Waals surface area contributed by atoms with Crippen molar-refractivity contribution in [1.29, 1.82) is 0 Å². The highest BCUT2D eigenvalue weighted by Gasteiger charge is 2.54. The second-order valence-electron chi connectivity index (χ2n) is 11.0. The fraction of sp³-hybridized carbons (Fsp3) is 0.542. The average molecular weight is 760 g/mol. The van der Waals surface area contributed by atoms with Crippen LogP contribution in [0.5, 0.6) is 0 Å². The van der Waals surface area contributed by atoms with Gasteiger partial charge in [-0.05, 0) is 7.05 Å². The molecule has 26 heteroatoms. The molecule has 10 atom stereocenters. The van der Waals surface area contributed by atoms with Crippen molar-refractivity contribution in [1.82, 2.24) is 44.4 Å². The van der Waals surface area contributed by atoms with Gasteiger partial charge in [-0.3, -0.25) is 27.3 Å². The molecule has 23 nitrogen and oxygen atoms in total. The Morgan fingerprint density at radius 3 is 2.32 bits per heavy atom. The number of carbonyl (C=O) groups excluding carboxylic acids is 1. The Bertz CT molecular complexity index is 1960. The summed E-state index contributed by atoms with van der Waals surface area (Å²) in [5.41, 5.74) is 12.8. The van der Waals surface area contributed by atoms with Crippen molar-refractivity contribution < 1.29 is 56.1 Å². The molecule has 2 bridgehead atoms. The molecule has 0 radical (unpaired) electrons. The number of ether oxygens (including phenoxy) is 4. The molecule has 4 aromatic heterocycles. The number of fused-ring (bicyclic) bond motifs is 5. The third-order valence-corrected chi connectivity index (χ3v) is 10.5. The summed E-state index contributed by atoms with van der Waals surface area (Å²) >= 11 is 4.16. The van der Waals surface area contributed by atoms with Crippen molar-refractivity contribution in [3.8, 4) is 0 Å². The van der Waals surface area contributed by atoms with Gasteiger partial charge in [-0.25, -0.2) is 39.3 Å². The molecule has 0 aliphatic carbocycles. The quantitative estimate of drug-likeness (QED) is 0.0746. The number of thiol groups is 1. The second kappa shape index (κ2) is 14.2. The molecule has 3 aliphatic rings. The van der Waals surface area contributed by atoms with Gasteiger partial charge in [-0.1, -0.05) is 12.2 Å². The zero-order chi connectivity index (χ0) is 35.2. The van der Waals surface area contributed by atoms with Crippen molar-refractivity contribution in [2.24, 2.45) is 0 Å². The van der Waals surface area contributed by atoms with Crippen LogP contribution in [0.2, 0.25) is 0 Å². The Kier molecular flexibility index (Phi) is 9.93. The predicted molar refractivity (Wildman–Crippen MR) is 171 cm³/mol. The minimum atomic E-state index is -4.40. The highest BCUT2D eigenvalue weighted by Crippen LogP contribution is 2.57. The van der Waals surface area contributed by atoms with Crippen LogP contribution < -0.4 is 16.8 Å². The molecule has 7 rings (SSSR count). The molecule has 1 unspecified atom stereocenters. The molecule has 50 heavy (non-hydrogen) atoms. The van der Waals surface area contributed by atoms with Gasteiger partial charge in [0.1, 0.15) is 60.8 Å². The van der Waals surface area contributed by atoms with Gasteiger partial charge in [0.15, 0.2) is 41.5 Å². The lowest BCUT2D eigenvalue weighted by Gasteiger charge is -2.27. The molecular weight excluding hydrogens is 728 g/mol. The van der Waals surface area contributed by atoms with Crippen LogP contribution >= 0.6 is 27.3 Å². The zero-order valence-corrected chi connectivity index (χ0v) is 28.6. The van der Waals surface area contributed by atoms with Gasteiger partial charge in [0.2, 0.25) is 0 Å². The first-order valence-corrected chi connectivity index (χ1v) is 18.8. The first-order valence-electron chi connectivity index (χ1n) is 14.9.